The van der Waals surface area contributed by atoms with E-state index in [2.05, 4.69) is 15.6 Å². The van der Waals surface area contributed by atoms with Crippen LogP contribution < -0.4 is 22.1 Å². The number of hydrogen-bond acceptors (Lipinski definition) is 8. The second-order valence-corrected chi connectivity index (χ2v) is 10.9. The Balaban J connectivity index is 1.42. The normalized spacial score (nSPS) is 27.4. The van der Waals surface area contributed by atoms with E-state index in [1.807, 2.05) is 25.2 Å². The van der Waals surface area contributed by atoms with Crippen molar-refractivity contribution < 1.29 is 23.9 Å². The van der Waals surface area contributed by atoms with Gasteiger partial charge in [0.15, 0.2) is 17.3 Å². The van der Waals surface area contributed by atoms with Crippen LogP contribution in [0.4, 0.5) is 0 Å². The van der Waals surface area contributed by atoms with E-state index < -0.39 is 23.0 Å². The number of nitrogens with one attached hydrogen (secondary N) is 2. The Labute approximate surface area is 233 Å². The third kappa shape index (κ3) is 4.81. The summed E-state index contributed by atoms with van der Waals surface area (Å²) in [5, 5.41) is 6.27. The number of Topliss-reactive ketones (excluding diaryl/α,β-unsaturated/α-hetero) is 2. The molecule has 1 aromatic carbocycles. The number of rotatable bonds is 8. The molecular formula is C30H37N5O5. The fourth-order valence-electron chi connectivity index (χ4n) is 5.99. The number of nitrogens with two attached hydrogens (primary N) is 2. The third-order valence-electron chi connectivity index (χ3n) is 8.27. The van der Waals surface area contributed by atoms with Crippen LogP contribution in [0.15, 0.2) is 64.5 Å². The molecule has 10 heteroatoms. The molecule has 0 spiro atoms. The number of carbonyl (C=O) groups is 3. The van der Waals surface area contributed by atoms with Crippen molar-refractivity contribution in [2.24, 2.45) is 16.5 Å². The van der Waals surface area contributed by atoms with Gasteiger partial charge in [0, 0.05) is 31.1 Å². The predicted octanol–water partition coefficient (Wildman–Crippen LogP) is 2.41. The van der Waals surface area contributed by atoms with Gasteiger partial charge >= 0.3 is 5.97 Å². The van der Waals surface area contributed by atoms with Gasteiger partial charge in [0.25, 0.3) is 5.60 Å². The van der Waals surface area contributed by atoms with E-state index in [4.69, 9.17) is 20.9 Å². The molecule has 5 rings (SSSR count). The molecule has 2 aliphatic heterocycles. The van der Waals surface area contributed by atoms with E-state index in [9.17, 15) is 14.4 Å². The summed E-state index contributed by atoms with van der Waals surface area (Å²) in [6.45, 7) is 2.51. The first kappa shape index (κ1) is 27.6. The molecule has 1 saturated carbocycles. The number of guanidine groups is 1. The van der Waals surface area contributed by atoms with Gasteiger partial charge in [0.05, 0.1) is 11.9 Å². The van der Waals surface area contributed by atoms with Gasteiger partial charge in [-0.05, 0) is 50.7 Å². The van der Waals surface area contributed by atoms with Crippen LogP contribution in [0.3, 0.4) is 0 Å². The number of carbonyl (C=O) groups excluding carboxylic acids is 3. The molecule has 40 heavy (non-hydrogen) atoms. The zero-order valence-corrected chi connectivity index (χ0v) is 23.0. The number of nitrogens with zero attached hydrogens (tertiary/aromatic N) is 1. The highest BCUT2D eigenvalue weighted by Gasteiger charge is 2.85. The van der Waals surface area contributed by atoms with Crippen molar-refractivity contribution in [3.05, 3.63) is 70.6 Å². The maximum absolute atomic E-state index is 13.8. The lowest BCUT2D eigenvalue weighted by Crippen LogP contribution is -2.51. The molecule has 2 fully saturated rings. The molecule has 0 unspecified atom stereocenters. The zero-order valence-electron chi connectivity index (χ0n) is 23.0. The maximum Gasteiger partial charge on any atom is 0.350 e. The van der Waals surface area contributed by atoms with Gasteiger partial charge in [-0.15, -0.1) is 0 Å². The molecule has 212 valence electrons. The lowest BCUT2D eigenvalue weighted by Gasteiger charge is -2.27. The predicted molar refractivity (Wildman–Crippen MR) is 150 cm³/mol. The van der Waals surface area contributed by atoms with Crippen molar-refractivity contribution in [2.45, 2.75) is 75.2 Å². The molecule has 0 bridgehead atoms. The average molecular weight is 548 g/mol. The second kappa shape index (κ2) is 10.9. The minimum absolute atomic E-state index is 0.0557. The molecule has 2 heterocycles. The number of hydrogen-bond donors (Lipinski definition) is 4. The minimum Gasteiger partial charge on any atom is -0.460 e. The van der Waals surface area contributed by atoms with E-state index in [1.54, 1.807) is 31.3 Å². The molecule has 0 radical (unpaired) electrons. The van der Waals surface area contributed by atoms with E-state index in [1.165, 1.54) is 0 Å². The molecular weight excluding hydrogens is 510 g/mol. The summed E-state index contributed by atoms with van der Waals surface area (Å²) in [7, 11) is 1.60. The van der Waals surface area contributed by atoms with Crippen molar-refractivity contribution in [3.8, 4) is 0 Å². The zero-order chi connectivity index (χ0) is 28.5. The number of fused-ring (bicyclic) bond motifs is 2. The number of ether oxygens (including phenoxy) is 2. The largest absolute Gasteiger partial charge is 0.460 e. The van der Waals surface area contributed by atoms with Crippen LogP contribution in [0.1, 0.15) is 72.6 Å². The summed E-state index contributed by atoms with van der Waals surface area (Å²) in [4.78, 5) is 45.2. The van der Waals surface area contributed by atoms with Gasteiger partial charge in [-0.3, -0.25) is 14.6 Å². The van der Waals surface area contributed by atoms with E-state index in [0.717, 1.165) is 43.3 Å². The number of epoxide rings is 1. The summed E-state index contributed by atoms with van der Waals surface area (Å²) >= 11 is 0. The Morgan fingerprint density at radius 1 is 1.23 bits per heavy atom. The fraction of sp³-hybridized carbons (Fsp3) is 0.467. The molecule has 0 amide bonds. The minimum atomic E-state index is -1.96. The SMILES string of the molecule is CN=C(N)N[C@@H](C/C(C)=C/C[C@@]12O[C@]1(C(=O)OC1CCCCC1)C(=O)c1ccccc1C2=O)C1=CCNC(N)=C1. The molecule has 2 aliphatic carbocycles. The molecule has 1 aromatic rings. The van der Waals surface area contributed by atoms with E-state index >= 15 is 0 Å². The van der Waals surface area contributed by atoms with E-state index in [-0.39, 0.29) is 41.4 Å². The van der Waals surface area contributed by atoms with Crippen LogP contribution in [0.5, 0.6) is 0 Å². The lowest BCUT2D eigenvalue weighted by atomic mass is 9.72. The first-order chi connectivity index (χ1) is 19.2. The quantitative estimate of drug-likeness (QED) is 0.0956. The Bertz CT molecular complexity index is 1340. The van der Waals surface area contributed by atoms with Gasteiger partial charge in [0.1, 0.15) is 6.10 Å². The topological polar surface area (TPSA) is 161 Å². The van der Waals surface area contributed by atoms with Crippen molar-refractivity contribution >= 4 is 23.5 Å². The smallest absolute Gasteiger partial charge is 0.350 e. The Hall–Kier alpha value is -3.92. The Morgan fingerprint density at radius 3 is 2.60 bits per heavy atom. The lowest BCUT2D eigenvalue weighted by molar-refractivity contribution is -0.155. The van der Waals surface area contributed by atoms with Crippen molar-refractivity contribution in [3.63, 3.8) is 0 Å². The average Bonchev–Trinajstić information content (AvgIpc) is 3.67. The van der Waals surface area contributed by atoms with Gasteiger partial charge in [-0.2, -0.15) is 0 Å². The summed E-state index contributed by atoms with van der Waals surface area (Å²) < 4.78 is 11.8. The number of esters is 1. The van der Waals surface area contributed by atoms with Crippen LogP contribution in [0.25, 0.3) is 0 Å². The van der Waals surface area contributed by atoms with Gasteiger partial charge in [0.2, 0.25) is 5.78 Å². The van der Waals surface area contributed by atoms with Crippen LogP contribution in [0.2, 0.25) is 0 Å². The van der Waals surface area contributed by atoms with Crippen molar-refractivity contribution in [1.82, 2.24) is 10.6 Å². The third-order valence-corrected chi connectivity index (χ3v) is 8.27. The van der Waals surface area contributed by atoms with Crippen molar-refractivity contribution in [2.75, 3.05) is 13.6 Å². The first-order valence-corrected chi connectivity index (χ1v) is 13.9. The van der Waals surface area contributed by atoms with Crippen molar-refractivity contribution in [1.29, 1.82) is 0 Å². The Kier molecular flexibility index (Phi) is 7.55. The summed E-state index contributed by atoms with van der Waals surface area (Å²) in [6, 6.07) is 6.33. The second-order valence-electron chi connectivity index (χ2n) is 10.9. The highest BCUT2D eigenvalue weighted by atomic mass is 16.7. The first-order valence-electron chi connectivity index (χ1n) is 13.9. The molecule has 0 aromatic heterocycles. The maximum atomic E-state index is 13.8. The molecule has 10 nitrogen and oxygen atoms in total. The summed E-state index contributed by atoms with van der Waals surface area (Å²) in [5.74, 6) is -0.815. The molecule has 6 N–H and O–H groups in total. The Morgan fingerprint density at radius 2 is 1.93 bits per heavy atom. The number of dihydropyridines is 1. The van der Waals surface area contributed by atoms with Gasteiger partial charge < -0.3 is 31.6 Å². The monoisotopic (exact) mass is 547 g/mol. The molecule has 4 aliphatic rings. The van der Waals surface area contributed by atoms with Crippen LogP contribution in [0, 0.1) is 0 Å². The van der Waals surface area contributed by atoms with Gasteiger partial charge in [-0.1, -0.05) is 48.4 Å². The molecule has 3 atom stereocenters. The van der Waals surface area contributed by atoms with Crippen LogP contribution in [-0.2, 0) is 14.3 Å². The highest BCUT2D eigenvalue weighted by Crippen LogP contribution is 2.58. The standard InChI is InChI=1S/C30H37N5O5/c1-18(16-23(35-28(32)33-2)19-13-15-34-24(31)17-19)12-14-29-25(36)21-10-6-7-11-22(21)26(37)30(29,40-29)27(38)39-20-8-4-3-5-9-20/h6-7,10-13,17,20,23,34H,3-5,8-9,14-16,31H2,1-2H3,(H3,32,33,35)/b18-12+/t23-,29-,30-/m0/s1. The number of ketones is 2. The number of aliphatic imine (C=N–C) groups is 1. The van der Waals surface area contributed by atoms with Crippen LogP contribution >= 0.6 is 0 Å². The van der Waals surface area contributed by atoms with Crippen LogP contribution in [-0.4, -0.2) is 60.4 Å². The summed E-state index contributed by atoms with van der Waals surface area (Å²) in [5.41, 5.74) is 10.7. The summed E-state index contributed by atoms with van der Waals surface area (Å²) in [6.07, 6.45) is 10.5. The van der Waals surface area contributed by atoms with Gasteiger partial charge in [-0.25, -0.2) is 4.79 Å². The fourth-order valence-corrected chi connectivity index (χ4v) is 5.99. The van der Waals surface area contributed by atoms with E-state index in [0.29, 0.717) is 18.8 Å². The highest BCUT2D eigenvalue weighted by molar-refractivity contribution is 6.32. The molecule has 1 saturated heterocycles. The number of benzene rings is 1.